The second-order valence-electron chi connectivity index (χ2n) is 6.20. The number of nitro groups is 1. The third kappa shape index (κ3) is 4.54. The Bertz CT molecular complexity index is 907. The minimum Gasteiger partial charge on any atom is -0.321 e. The first kappa shape index (κ1) is 18.9. The molecule has 0 aliphatic rings. The molecule has 0 aromatic heterocycles. The first-order valence-corrected chi connectivity index (χ1v) is 8.10. The molecular formula is C20H19N3O3. The van der Waals surface area contributed by atoms with Gasteiger partial charge in [-0.2, -0.15) is 5.26 Å². The average molecular weight is 349 g/mol. The molecule has 0 aliphatic carbocycles. The van der Waals surface area contributed by atoms with Crippen molar-refractivity contribution >= 4 is 23.4 Å². The fourth-order valence-corrected chi connectivity index (χ4v) is 2.38. The van der Waals surface area contributed by atoms with E-state index in [2.05, 4.69) is 19.2 Å². The molecular weight excluding hydrogens is 330 g/mol. The predicted molar refractivity (Wildman–Crippen MR) is 101 cm³/mol. The number of hydrogen-bond donors (Lipinski definition) is 1. The van der Waals surface area contributed by atoms with Crippen LogP contribution in [-0.4, -0.2) is 10.8 Å². The first-order valence-electron chi connectivity index (χ1n) is 8.10. The first-order chi connectivity index (χ1) is 12.3. The fourth-order valence-electron chi connectivity index (χ4n) is 2.38. The highest BCUT2D eigenvalue weighted by Crippen LogP contribution is 2.22. The summed E-state index contributed by atoms with van der Waals surface area (Å²) in [7, 11) is 0. The third-order valence-electron chi connectivity index (χ3n) is 3.95. The molecule has 2 aromatic rings. The van der Waals surface area contributed by atoms with Crippen molar-refractivity contribution in [1.82, 2.24) is 0 Å². The maximum atomic E-state index is 12.4. The maximum absolute atomic E-state index is 12.4. The number of anilines is 1. The van der Waals surface area contributed by atoms with Crippen LogP contribution in [0.5, 0.6) is 0 Å². The lowest BCUT2D eigenvalue weighted by Gasteiger charge is -2.08. The van der Waals surface area contributed by atoms with Gasteiger partial charge in [-0.1, -0.05) is 38.1 Å². The van der Waals surface area contributed by atoms with Crippen LogP contribution in [0.4, 0.5) is 11.4 Å². The smallest absolute Gasteiger partial charge is 0.269 e. The van der Waals surface area contributed by atoms with Gasteiger partial charge < -0.3 is 5.32 Å². The molecule has 6 heteroatoms. The van der Waals surface area contributed by atoms with Crippen molar-refractivity contribution in [3.05, 3.63) is 74.8 Å². The summed E-state index contributed by atoms with van der Waals surface area (Å²) in [5.41, 5.74) is 2.80. The summed E-state index contributed by atoms with van der Waals surface area (Å²) in [4.78, 5) is 22.6. The molecule has 0 heterocycles. The van der Waals surface area contributed by atoms with Gasteiger partial charge in [0, 0.05) is 17.8 Å². The number of carbonyl (C=O) groups excluding carboxylic acids is 1. The highest BCUT2D eigenvalue weighted by molar-refractivity contribution is 6.10. The zero-order valence-electron chi connectivity index (χ0n) is 14.8. The Morgan fingerprint density at radius 1 is 1.23 bits per heavy atom. The van der Waals surface area contributed by atoms with Crippen molar-refractivity contribution < 1.29 is 9.72 Å². The van der Waals surface area contributed by atoms with E-state index < -0.39 is 10.8 Å². The number of nitro benzene ring substituents is 1. The van der Waals surface area contributed by atoms with Crippen LogP contribution in [-0.2, 0) is 4.79 Å². The molecule has 0 fully saturated rings. The normalized spacial score (nSPS) is 11.1. The highest BCUT2D eigenvalue weighted by atomic mass is 16.6. The number of benzene rings is 2. The zero-order valence-corrected chi connectivity index (χ0v) is 14.8. The van der Waals surface area contributed by atoms with E-state index >= 15 is 0 Å². The second-order valence-corrected chi connectivity index (χ2v) is 6.20. The number of rotatable bonds is 5. The molecule has 2 aromatic carbocycles. The number of nitrogens with one attached hydrogen (secondary N) is 1. The lowest BCUT2D eigenvalue weighted by molar-refractivity contribution is -0.384. The van der Waals surface area contributed by atoms with Crippen LogP contribution in [0.1, 0.15) is 36.5 Å². The lowest BCUT2D eigenvalue weighted by atomic mass is 10.0. The molecule has 0 aliphatic heterocycles. The van der Waals surface area contributed by atoms with E-state index in [1.165, 1.54) is 29.8 Å². The number of aryl methyl sites for hydroxylation is 1. The van der Waals surface area contributed by atoms with Gasteiger partial charge in [0.2, 0.25) is 0 Å². The van der Waals surface area contributed by atoms with Crippen LogP contribution < -0.4 is 5.32 Å². The van der Waals surface area contributed by atoms with E-state index in [9.17, 15) is 20.2 Å². The Kier molecular flexibility index (Phi) is 5.86. The molecule has 0 bridgehead atoms. The number of hydrogen-bond acceptors (Lipinski definition) is 4. The van der Waals surface area contributed by atoms with E-state index in [0.29, 0.717) is 17.2 Å². The summed E-state index contributed by atoms with van der Waals surface area (Å²) in [5, 5.41) is 22.7. The van der Waals surface area contributed by atoms with Crippen molar-refractivity contribution in [2.45, 2.75) is 26.7 Å². The standard InChI is InChI=1S/C20H19N3O3/c1-13(2)16-6-4-15(5-7-16)11-17(12-21)20(24)22-19-9-8-18(23(25)26)10-14(19)3/h4-11,13H,1-3H3,(H,22,24). The van der Waals surface area contributed by atoms with Gasteiger partial charge in [-0.25, -0.2) is 0 Å². The van der Waals surface area contributed by atoms with Gasteiger partial charge in [0.25, 0.3) is 11.6 Å². The molecule has 0 radical (unpaired) electrons. The summed E-state index contributed by atoms with van der Waals surface area (Å²) in [6.45, 7) is 5.83. The summed E-state index contributed by atoms with van der Waals surface area (Å²) in [6.07, 6.45) is 1.51. The lowest BCUT2D eigenvalue weighted by Crippen LogP contribution is -2.14. The molecule has 1 N–H and O–H groups in total. The molecule has 2 rings (SSSR count). The monoisotopic (exact) mass is 349 g/mol. The Balaban J connectivity index is 2.21. The molecule has 1 amide bonds. The SMILES string of the molecule is Cc1cc([N+](=O)[O-])ccc1NC(=O)C(C#N)=Cc1ccc(C(C)C)cc1. The van der Waals surface area contributed by atoms with E-state index in [1.54, 1.807) is 6.92 Å². The Morgan fingerprint density at radius 3 is 2.38 bits per heavy atom. The van der Waals surface area contributed by atoms with Crippen molar-refractivity contribution in [3.8, 4) is 6.07 Å². The van der Waals surface area contributed by atoms with Gasteiger partial charge >= 0.3 is 0 Å². The second kappa shape index (κ2) is 8.08. The fraction of sp³-hybridized carbons (Fsp3) is 0.200. The molecule has 0 atom stereocenters. The minimum atomic E-state index is -0.558. The number of nitriles is 1. The molecule has 0 spiro atoms. The number of carbonyl (C=O) groups is 1. The highest BCUT2D eigenvalue weighted by Gasteiger charge is 2.13. The van der Waals surface area contributed by atoms with Crippen LogP contribution in [0, 0.1) is 28.4 Å². The van der Waals surface area contributed by atoms with Gasteiger partial charge in [-0.05, 0) is 41.7 Å². The minimum absolute atomic E-state index is 0.0416. The van der Waals surface area contributed by atoms with Crippen molar-refractivity contribution in [1.29, 1.82) is 5.26 Å². The average Bonchev–Trinajstić information content (AvgIpc) is 2.61. The van der Waals surface area contributed by atoms with Crippen LogP contribution in [0.3, 0.4) is 0 Å². The summed E-state index contributed by atoms with van der Waals surface area (Å²) < 4.78 is 0. The predicted octanol–water partition coefficient (Wildman–Crippen LogP) is 4.57. The van der Waals surface area contributed by atoms with Crippen LogP contribution in [0.15, 0.2) is 48.0 Å². The van der Waals surface area contributed by atoms with Crippen LogP contribution in [0.25, 0.3) is 6.08 Å². The van der Waals surface area contributed by atoms with Gasteiger partial charge in [-0.3, -0.25) is 14.9 Å². The topological polar surface area (TPSA) is 96.0 Å². The van der Waals surface area contributed by atoms with Crippen molar-refractivity contribution in [2.75, 3.05) is 5.32 Å². The van der Waals surface area contributed by atoms with Gasteiger partial charge in [0.15, 0.2) is 0 Å². The quantitative estimate of drug-likeness (QED) is 0.370. The maximum Gasteiger partial charge on any atom is 0.269 e. The number of non-ortho nitro benzene ring substituents is 1. The van der Waals surface area contributed by atoms with Crippen molar-refractivity contribution in [2.24, 2.45) is 0 Å². The zero-order chi connectivity index (χ0) is 19.3. The summed E-state index contributed by atoms with van der Waals surface area (Å²) in [5.74, 6) is -0.158. The molecule has 132 valence electrons. The third-order valence-corrected chi connectivity index (χ3v) is 3.95. The van der Waals surface area contributed by atoms with Crippen molar-refractivity contribution in [3.63, 3.8) is 0 Å². The Labute approximate surface area is 151 Å². The van der Waals surface area contributed by atoms with Gasteiger partial charge in [0.1, 0.15) is 11.6 Å². The molecule has 26 heavy (non-hydrogen) atoms. The number of amides is 1. The van der Waals surface area contributed by atoms with Gasteiger partial charge in [0.05, 0.1) is 4.92 Å². The van der Waals surface area contributed by atoms with E-state index in [-0.39, 0.29) is 11.3 Å². The largest absolute Gasteiger partial charge is 0.321 e. The Morgan fingerprint density at radius 2 is 1.88 bits per heavy atom. The number of nitrogens with zero attached hydrogens (tertiary/aromatic N) is 2. The molecule has 0 unspecified atom stereocenters. The Hall–Kier alpha value is -3.46. The van der Waals surface area contributed by atoms with Crippen LogP contribution >= 0.6 is 0 Å². The summed E-state index contributed by atoms with van der Waals surface area (Å²) >= 11 is 0. The molecule has 0 saturated heterocycles. The van der Waals surface area contributed by atoms with Crippen LogP contribution in [0.2, 0.25) is 0 Å². The van der Waals surface area contributed by atoms with E-state index in [4.69, 9.17) is 0 Å². The van der Waals surface area contributed by atoms with E-state index in [0.717, 1.165) is 5.56 Å². The van der Waals surface area contributed by atoms with E-state index in [1.807, 2.05) is 30.3 Å². The molecule has 0 saturated carbocycles. The van der Waals surface area contributed by atoms with Gasteiger partial charge in [-0.15, -0.1) is 0 Å². The summed E-state index contributed by atoms with van der Waals surface area (Å²) in [6, 6.07) is 13.7. The molecule has 6 nitrogen and oxygen atoms in total.